The number of nitrogens with one attached hydrogen (secondary N) is 1. The molecule has 0 aliphatic heterocycles. The first-order chi connectivity index (χ1) is 7.66. The number of carbonyl (C=O) groups is 1. The van der Waals surface area contributed by atoms with Crippen LogP contribution in [0.2, 0.25) is 0 Å². The second-order valence-corrected chi connectivity index (χ2v) is 4.74. The topological polar surface area (TPSA) is 62.2 Å². The molecular weight excluding hydrogens is 292 g/mol. The smallest absolute Gasteiger partial charge is 0.357 e. The van der Waals surface area contributed by atoms with Crippen molar-refractivity contribution >= 4 is 43.9 Å². The highest BCUT2D eigenvalue weighted by Gasteiger charge is 2.13. The number of thiazole rings is 1. The molecule has 0 atom stereocenters. The molecule has 0 aliphatic rings. The van der Waals surface area contributed by atoms with Gasteiger partial charge in [-0.25, -0.2) is 9.78 Å². The average molecular weight is 299 g/mol. The van der Waals surface area contributed by atoms with E-state index in [2.05, 4.69) is 26.2 Å². The zero-order chi connectivity index (χ0) is 11.5. The van der Waals surface area contributed by atoms with E-state index >= 15 is 0 Å². The van der Waals surface area contributed by atoms with E-state index in [-0.39, 0.29) is 5.69 Å². The molecule has 2 N–H and O–H groups in total. The zero-order valence-corrected chi connectivity index (χ0v) is 10.4. The van der Waals surface area contributed by atoms with Crippen LogP contribution in [0.3, 0.4) is 0 Å². The third-order valence-electron chi connectivity index (χ3n) is 1.87. The summed E-state index contributed by atoms with van der Waals surface area (Å²) in [4.78, 5) is 14.6. The molecule has 0 unspecified atom stereocenters. The Morgan fingerprint density at radius 3 is 2.69 bits per heavy atom. The minimum atomic E-state index is -1.03. The number of aromatic nitrogens is 1. The van der Waals surface area contributed by atoms with Crippen LogP contribution in [0.25, 0.3) is 0 Å². The minimum absolute atomic E-state index is 0.0490. The molecule has 0 fully saturated rings. The molecule has 6 heteroatoms. The monoisotopic (exact) mass is 298 g/mol. The van der Waals surface area contributed by atoms with Gasteiger partial charge in [0.25, 0.3) is 0 Å². The number of carboxylic acid groups (broad SMARTS) is 1. The first kappa shape index (κ1) is 11.1. The normalized spacial score (nSPS) is 10.1. The molecule has 0 saturated heterocycles. The van der Waals surface area contributed by atoms with Crippen LogP contribution in [0.1, 0.15) is 10.5 Å². The molecule has 82 valence electrons. The standard InChI is InChI=1S/C10H7BrN2O2S/c11-6-1-3-7(4-2-6)13-9-8(10(14)15)12-5-16-9/h1-5,13H,(H,14,15). The van der Waals surface area contributed by atoms with Crippen LogP contribution in [-0.2, 0) is 0 Å². The lowest BCUT2D eigenvalue weighted by Gasteiger charge is -2.03. The summed E-state index contributed by atoms with van der Waals surface area (Å²) in [5, 5.41) is 12.4. The van der Waals surface area contributed by atoms with Gasteiger partial charge in [0.1, 0.15) is 5.00 Å². The number of nitrogens with zero attached hydrogens (tertiary/aromatic N) is 1. The lowest BCUT2D eigenvalue weighted by molar-refractivity contribution is 0.0692. The second-order valence-electron chi connectivity index (χ2n) is 2.97. The van der Waals surface area contributed by atoms with Gasteiger partial charge < -0.3 is 10.4 Å². The molecule has 0 radical (unpaired) electrons. The van der Waals surface area contributed by atoms with Crippen LogP contribution < -0.4 is 5.32 Å². The molecule has 0 saturated carbocycles. The Labute approximate surface area is 104 Å². The van der Waals surface area contributed by atoms with E-state index in [1.807, 2.05) is 24.3 Å². The van der Waals surface area contributed by atoms with Crippen molar-refractivity contribution in [1.29, 1.82) is 0 Å². The molecule has 2 rings (SSSR count). The van der Waals surface area contributed by atoms with Gasteiger partial charge >= 0.3 is 5.97 Å². The summed E-state index contributed by atoms with van der Waals surface area (Å²) in [6.07, 6.45) is 0. The van der Waals surface area contributed by atoms with E-state index in [1.54, 1.807) is 0 Å². The van der Waals surface area contributed by atoms with Gasteiger partial charge in [-0.15, -0.1) is 11.3 Å². The fourth-order valence-electron chi connectivity index (χ4n) is 1.15. The van der Waals surface area contributed by atoms with Gasteiger partial charge in [-0.2, -0.15) is 0 Å². The number of hydrogen-bond donors (Lipinski definition) is 2. The molecule has 1 aromatic carbocycles. The quantitative estimate of drug-likeness (QED) is 0.912. The minimum Gasteiger partial charge on any atom is -0.476 e. The van der Waals surface area contributed by atoms with E-state index in [0.717, 1.165) is 10.2 Å². The summed E-state index contributed by atoms with van der Waals surface area (Å²) >= 11 is 4.59. The summed E-state index contributed by atoms with van der Waals surface area (Å²) in [7, 11) is 0. The predicted molar refractivity (Wildman–Crippen MR) is 66.5 cm³/mol. The highest BCUT2D eigenvalue weighted by atomic mass is 79.9. The first-order valence-electron chi connectivity index (χ1n) is 4.36. The van der Waals surface area contributed by atoms with Crippen molar-refractivity contribution in [2.24, 2.45) is 0 Å². The molecule has 2 aromatic rings. The van der Waals surface area contributed by atoms with Crippen LogP contribution in [0.4, 0.5) is 10.7 Å². The summed E-state index contributed by atoms with van der Waals surface area (Å²) in [6, 6.07) is 7.47. The van der Waals surface area contributed by atoms with Gasteiger partial charge in [0.15, 0.2) is 5.69 Å². The van der Waals surface area contributed by atoms with E-state index in [1.165, 1.54) is 16.8 Å². The fourth-order valence-corrected chi connectivity index (χ4v) is 2.11. The third-order valence-corrected chi connectivity index (χ3v) is 3.14. The zero-order valence-electron chi connectivity index (χ0n) is 7.98. The van der Waals surface area contributed by atoms with Gasteiger partial charge in [0.2, 0.25) is 0 Å². The van der Waals surface area contributed by atoms with Crippen LogP contribution in [0.5, 0.6) is 0 Å². The predicted octanol–water partition coefficient (Wildman–Crippen LogP) is 3.35. The number of rotatable bonds is 3. The summed E-state index contributed by atoms with van der Waals surface area (Å²) < 4.78 is 0.973. The van der Waals surface area contributed by atoms with Crippen molar-refractivity contribution < 1.29 is 9.90 Å². The summed E-state index contributed by atoms with van der Waals surface area (Å²) in [5.74, 6) is -1.03. The van der Waals surface area contributed by atoms with Crippen LogP contribution in [0, 0.1) is 0 Å². The number of halogens is 1. The van der Waals surface area contributed by atoms with Gasteiger partial charge in [-0.05, 0) is 24.3 Å². The number of aromatic carboxylic acids is 1. The van der Waals surface area contributed by atoms with Crippen LogP contribution in [0.15, 0.2) is 34.2 Å². The second kappa shape index (κ2) is 4.63. The number of anilines is 2. The lowest BCUT2D eigenvalue weighted by atomic mass is 10.3. The largest absolute Gasteiger partial charge is 0.476 e. The summed E-state index contributed by atoms with van der Waals surface area (Å²) in [6.45, 7) is 0. The van der Waals surface area contributed by atoms with E-state index in [4.69, 9.17) is 5.11 Å². The van der Waals surface area contributed by atoms with Crippen LogP contribution in [-0.4, -0.2) is 16.1 Å². The van der Waals surface area contributed by atoms with Crippen molar-refractivity contribution in [2.75, 3.05) is 5.32 Å². The van der Waals surface area contributed by atoms with Gasteiger partial charge in [0.05, 0.1) is 5.51 Å². The molecule has 0 spiro atoms. The molecule has 0 aliphatic carbocycles. The Morgan fingerprint density at radius 1 is 1.38 bits per heavy atom. The highest BCUT2D eigenvalue weighted by molar-refractivity contribution is 9.10. The molecular formula is C10H7BrN2O2S. The Kier molecular flexibility index (Phi) is 3.21. The molecule has 1 heterocycles. The Bertz CT molecular complexity index is 510. The number of carboxylic acids is 1. The molecule has 0 bridgehead atoms. The van der Waals surface area contributed by atoms with Crippen molar-refractivity contribution in [3.8, 4) is 0 Å². The van der Waals surface area contributed by atoms with E-state index in [9.17, 15) is 4.79 Å². The molecule has 1 aromatic heterocycles. The molecule has 16 heavy (non-hydrogen) atoms. The fraction of sp³-hybridized carbons (Fsp3) is 0. The number of benzene rings is 1. The molecule has 4 nitrogen and oxygen atoms in total. The maximum Gasteiger partial charge on any atom is 0.357 e. The third kappa shape index (κ3) is 2.40. The first-order valence-corrected chi connectivity index (χ1v) is 6.03. The van der Waals surface area contributed by atoms with Crippen molar-refractivity contribution in [1.82, 2.24) is 4.98 Å². The maximum atomic E-state index is 10.8. The number of hydrogen-bond acceptors (Lipinski definition) is 4. The Hall–Kier alpha value is -1.40. The van der Waals surface area contributed by atoms with Gasteiger partial charge in [-0.1, -0.05) is 15.9 Å². The van der Waals surface area contributed by atoms with Crippen molar-refractivity contribution in [3.05, 3.63) is 39.9 Å². The Morgan fingerprint density at radius 2 is 2.06 bits per heavy atom. The van der Waals surface area contributed by atoms with Gasteiger partial charge in [0, 0.05) is 10.2 Å². The molecule has 0 amide bonds. The lowest BCUT2D eigenvalue weighted by Crippen LogP contribution is -2.00. The summed E-state index contributed by atoms with van der Waals surface area (Å²) in [5.41, 5.74) is 2.38. The van der Waals surface area contributed by atoms with Crippen molar-refractivity contribution in [3.63, 3.8) is 0 Å². The average Bonchev–Trinajstić information content (AvgIpc) is 2.69. The maximum absolute atomic E-state index is 10.8. The Balaban J connectivity index is 2.23. The van der Waals surface area contributed by atoms with E-state index < -0.39 is 5.97 Å². The SMILES string of the molecule is O=C(O)c1ncsc1Nc1ccc(Br)cc1. The van der Waals surface area contributed by atoms with Crippen LogP contribution >= 0.6 is 27.3 Å². The van der Waals surface area contributed by atoms with E-state index in [0.29, 0.717) is 5.00 Å². The highest BCUT2D eigenvalue weighted by Crippen LogP contribution is 2.25. The van der Waals surface area contributed by atoms with Gasteiger partial charge in [-0.3, -0.25) is 0 Å². The van der Waals surface area contributed by atoms with Crippen molar-refractivity contribution in [2.45, 2.75) is 0 Å².